The summed E-state index contributed by atoms with van der Waals surface area (Å²) in [5, 5.41) is 11.8. The second-order valence-electron chi connectivity index (χ2n) is 4.71. The highest BCUT2D eigenvalue weighted by atomic mass is 16.4. The van der Waals surface area contributed by atoms with Gasteiger partial charge in [-0.05, 0) is 29.7 Å². The van der Waals surface area contributed by atoms with E-state index in [2.05, 4.69) is 5.32 Å². The lowest BCUT2D eigenvalue weighted by Gasteiger charge is -2.15. The van der Waals surface area contributed by atoms with E-state index in [1.807, 2.05) is 19.1 Å². The topological polar surface area (TPSA) is 66.4 Å². The fourth-order valence-corrected chi connectivity index (χ4v) is 2.04. The van der Waals surface area contributed by atoms with Crippen molar-refractivity contribution >= 4 is 11.9 Å². The summed E-state index contributed by atoms with van der Waals surface area (Å²) in [6.07, 6.45) is 0.893. The molecule has 0 aliphatic heterocycles. The summed E-state index contributed by atoms with van der Waals surface area (Å²) in [4.78, 5) is 23.5. The standard InChI is InChI=1S/C17H17NO3/c1-2-12-8-10-14(11-9-12)16(19)18-15(17(20)21)13-6-4-3-5-7-13/h3-11,15H,2H2,1H3,(H,18,19)(H,20,21)/t15-/m1/s1. The van der Waals surface area contributed by atoms with Gasteiger partial charge in [0.05, 0.1) is 0 Å². The number of hydrogen-bond donors (Lipinski definition) is 2. The van der Waals surface area contributed by atoms with E-state index in [9.17, 15) is 14.7 Å². The second kappa shape index (κ2) is 6.70. The zero-order valence-corrected chi connectivity index (χ0v) is 11.7. The van der Waals surface area contributed by atoms with Gasteiger partial charge >= 0.3 is 5.97 Å². The Balaban J connectivity index is 2.16. The number of aryl methyl sites for hydroxylation is 1. The Bertz CT molecular complexity index is 620. The van der Waals surface area contributed by atoms with E-state index >= 15 is 0 Å². The van der Waals surface area contributed by atoms with Crippen LogP contribution in [0.15, 0.2) is 54.6 Å². The maximum atomic E-state index is 12.2. The third-order valence-electron chi connectivity index (χ3n) is 3.28. The molecule has 2 N–H and O–H groups in total. The molecule has 1 amide bonds. The molecule has 0 aliphatic carbocycles. The molecule has 0 heterocycles. The normalized spacial score (nSPS) is 11.7. The molecule has 0 spiro atoms. The quantitative estimate of drug-likeness (QED) is 0.886. The van der Waals surface area contributed by atoms with E-state index in [1.54, 1.807) is 42.5 Å². The maximum absolute atomic E-state index is 12.2. The van der Waals surface area contributed by atoms with Crippen molar-refractivity contribution in [2.75, 3.05) is 0 Å². The van der Waals surface area contributed by atoms with Crippen LogP contribution in [0, 0.1) is 0 Å². The van der Waals surface area contributed by atoms with Gasteiger partial charge in [0.1, 0.15) is 0 Å². The molecule has 0 aliphatic rings. The first kappa shape index (κ1) is 14.8. The minimum atomic E-state index is -1.08. The van der Waals surface area contributed by atoms with Crippen LogP contribution in [0.25, 0.3) is 0 Å². The van der Waals surface area contributed by atoms with Crippen LogP contribution in [-0.4, -0.2) is 17.0 Å². The lowest BCUT2D eigenvalue weighted by Crippen LogP contribution is -2.33. The predicted molar refractivity (Wildman–Crippen MR) is 80.1 cm³/mol. The first-order valence-corrected chi connectivity index (χ1v) is 6.79. The fraction of sp³-hybridized carbons (Fsp3) is 0.176. The molecular formula is C17H17NO3. The van der Waals surface area contributed by atoms with Gasteiger partial charge in [-0.1, -0.05) is 49.4 Å². The Morgan fingerprint density at radius 1 is 1.05 bits per heavy atom. The minimum absolute atomic E-state index is 0.395. The first-order chi connectivity index (χ1) is 10.1. The average Bonchev–Trinajstić information content (AvgIpc) is 2.53. The largest absolute Gasteiger partial charge is 0.479 e. The molecule has 2 rings (SSSR count). The number of carboxylic acids is 1. The monoisotopic (exact) mass is 283 g/mol. The molecule has 0 unspecified atom stereocenters. The van der Waals surface area contributed by atoms with Gasteiger partial charge in [-0.3, -0.25) is 4.79 Å². The second-order valence-corrected chi connectivity index (χ2v) is 4.71. The Morgan fingerprint density at radius 3 is 2.19 bits per heavy atom. The number of carboxylic acid groups (broad SMARTS) is 1. The summed E-state index contributed by atoms with van der Waals surface area (Å²) in [7, 11) is 0. The van der Waals surface area contributed by atoms with Crippen LogP contribution < -0.4 is 5.32 Å². The number of hydrogen-bond acceptors (Lipinski definition) is 2. The predicted octanol–water partition coefficient (Wildman–Crippen LogP) is 2.80. The Labute approximate surface area is 123 Å². The molecule has 0 saturated heterocycles. The highest BCUT2D eigenvalue weighted by molar-refractivity contribution is 5.96. The van der Waals surface area contributed by atoms with Gasteiger partial charge in [0.2, 0.25) is 0 Å². The average molecular weight is 283 g/mol. The van der Waals surface area contributed by atoms with Crippen molar-refractivity contribution in [3.05, 3.63) is 71.3 Å². The van der Waals surface area contributed by atoms with Crippen molar-refractivity contribution in [2.24, 2.45) is 0 Å². The summed E-state index contributed by atoms with van der Waals surface area (Å²) in [6.45, 7) is 2.03. The Morgan fingerprint density at radius 2 is 1.67 bits per heavy atom. The molecule has 0 aromatic heterocycles. The molecule has 4 heteroatoms. The van der Waals surface area contributed by atoms with Crippen LogP contribution in [0.5, 0.6) is 0 Å². The maximum Gasteiger partial charge on any atom is 0.330 e. The van der Waals surface area contributed by atoms with Crippen molar-refractivity contribution < 1.29 is 14.7 Å². The SMILES string of the molecule is CCc1ccc(C(=O)N[C@@H](C(=O)O)c2ccccc2)cc1. The van der Waals surface area contributed by atoms with Crippen LogP contribution in [0.1, 0.15) is 34.5 Å². The van der Waals surface area contributed by atoms with Gasteiger partial charge in [-0.15, -0.1) is 0 Å². The number of rotatable bonds is 5. The molecular weight excluding hydrogens is 266 g/mol. The van der Waals surface area contributed by atoms with Crippen LogP contribution in [-0.2, 0) is 11.2 Å². The van der Waals surface area contributed by atoms with E-state index in [-0.39, 0.29) is 0 Å². The lowest BCUT2D eigenvalue weighted by atomic mass is 10.1. The van der Waals surface area contributed by atoms with Gasteiger partial charge in [0.25, 0.3) is 5.91 Å². The minimum Gasteiger partial charge on any atom is -0.479 e. The molecule has 1 atom stereocenters. The van der Waals surface area contributed by atoms with Crippen molar-refractivity contribution in [2.45, 2.75) is 19.4 Å². The summed E-state index contributed by atoms with van der Waals surface area (Å²) >= 11 is 0. The smallest absolute Gasteiger partial charge is 0.330 e. The van der Waals surface area contributed by atoms with E-state index in [0.717, 1.165) is 12.0 Å². The van der Waals surface area contributed by atoms with E-state index in [1.165, 1.54) is 0 Å². The van der Waals surface area contributed by atoms with Gasteiger partial charge in [-0.25, -0.2) is 4.79 Å². The van der Waals surface area contributed by atoms with Crippen LogP contribution in [0.4, 0.5) is 0 Å². The number of aliphatic carboxylic acids is 1. The van der Waals surface area contributed by atoms with Crippen molar-refractivity contribution in [1.82, 2.24) is 5.32 Å². The number of benzene rings is 2. The van der Waals surface area contributed by atoms with Crippen molar-refractivity contribution in [1.29, 1.82) is 0 Å². The zero-order chi connectivity index (χ0) is 15.2. The molecule has 0 radical (unpaired) electrons. The van der Waals surface area contributed by atoms with Gasteiger partial charge in [0, 0.05) is 5.56 Å². The molecule has 4 nitrogen and oxygen atoms in total. The third-order valence-corrected chi connectivity index (χ3v) is 3.28. The number of carbonyl (C=O) groups is 2. The molecule has 108 valence electrons. The van der Waals surface area contributed by atoms with Gasteiger partial charge in [0.15, 0.2) is 6.04 Å². The fourth-order valence-electron chi connectivity index (χ4n) is 2.04. The number of carbonyl (C=O) groups excluding carboxylic acids is 1. The summed E-state index contributed by atoms with van der Waals surface area (Å²) in [5.74, 6) is -1.48. The summed E-state index contributed by atoms with van der Waals surface area (Å²) in [6, 6.07) is 14.7. The van der Waals surface area contributed by atoms with E-state index in [4.69, 9.17) is 0 Å². The third kappa shape index (κ3) is 3.69. The number of nitrogens with one attached hydrogen (secondary N) is 1. The molecule has 2 aromatic carbocycles. The summed E-state index contributed by atoms with van der Waals surface area (Å²) in [5.41, 5.74) is 2.13. The number of amides is 1. The molecule has 0 bridgehead atoms. The summed E-state index contributed by atoms with van der Waals surface area (Å²) < 4.78 is 0. The molecule has 21 heavy (non-hydrogen) atoms. The van der Waals surface area contributed by atoms with Crippen molar-refractivity contribution in [3.8, 4) is 0 Å². The van der Waals surface area contributed by atoms with Crippen molar-refractivity contribution in [3.63, 3.8) is 0 Å². The zero-order valence-electron chi connectivity index (χ0n) is 11.7. The first-order valence-electron chi connectivity index (χ1n) is 6.79. The van der Waals surface area contributed by atoms with Gasteiger partial charge in [-0.2, -0.15) is 0 Å². The highest BCUT2D eigenvalue weighted by Gasteiger charge is 2.22. The molecule has 2 aromatic rings. The highest BCUT2D eigenvalue weighted by Crippen LogP contribution is 2.14. The van der Waals surface area contributed by atoms with E-state index < -0.39 is 17.9 Å². The Hall–Kier alpha value is -2.62. The molecule has 0 fully saturated rings. The van der Waals surface area contributed by atoms with Crippen LogP contribution in [0.3, 0.4) is 0 Å². The van der Waals surface area contributed by atoms with Crippen LogP contribution in [0.2, 0.25) is 0 Å². The molecule has 0 saturated carbocycles. The van der Waals surface area contributed by atoms with Crippen LogP contribution >= 0.6 is 0 Å². The van der Waals surface area contributed by atoms with Gasteiger partial charge < -0.3 is 10.4 Å². The van der Waals surface area contributed by atoms with E-state index in [0.29, 0.717) is 11.1 Å². The lowest BCUT2D eigenvalue weighted by molar-refractivity contribution is -0.139. The Kier molecular flexibility index (Phi) is 4.72.